The minimum atomic E-state index is 0.0879. The summed E-state index contributed by atoms with van der Waals surface area (Å²) in [5.74, 6) is 2.84. The first-order valence-corrected chi connectivity index (χ1v) is 10.8. The molecule has 7 nitrogen and oxygen atoms in total. The predicted molar refractivity (Wildman–Crippen MR) is 124 cm³/mol. The second kappa shape index (κ2) is 7.76. The Hall–Kier alpha value is -3.71. The van der Waals surface area contributed by atoms with Gasteiger partial charge < -0.3 is 14.8 Å². The van der Waals surface area contributed by atoms with Crippen molar-refractivity contribution in [1.82, 2.24) is 20.2 Å². The molecule has 2 aliphatic rings. The van der Waals surface area contributed by atoms with E-state index in [2.05, 4.69) is 33.7 Å². The molecule has 0 amide bonds. The first kappa shape index (κ1) is 19.0. The summed E-state index contributed by atoms with van der Waals surface area (Å²) >= 11 is 0. The largest absolute Gasteiger partial charge is 0.497 e. The number of hydrogen-bond donors (Lipinski definition) is 2. The van der Waals surface area contributed by atoms with Crippen LogP contribution in [0.3, 0.4) is 0 Å². The quantitative estimate of drug-likeness (QED) is 0.487. The lowest BCUT2D eigenvalue weighted by atomic mass is 9.84. The molecule has 0 bridgehead atoms. The summed E-state index contributed by atoms with van der Waals surface area (Å²) in [4.78, 5) is 9.87. The third-order valence-corrected chi connectivity index (χ3v) is 6.22. The zero-order valence-electron chi connectivity index (χ0n) is 17.7. The van der Waals surface area contributed by atoms with E-state index in [-0.39, 0.29) is 17.9 Å². The van der Waals surface area contributed by atoms with Gasteiger partial charge in [0.1, 0.15) is 17.4 Å². The smallest absolute Gasteiger partial charge is 0.142 e. The molecule has 2 aromatic carbocycles. The van der Waals surface area contributed by atoms with Gasteiger partial charge in [0.2, 0.25) is 0 Å². The van der Waals surface area contributed by atoms with Crippen molar-refractivity contribution in [2.24, 2.45) is 5.92 Å². The van der Waals surface area contributed by atoms with Gasteiger partial charge in [-0.15, -0.1) is 0 Å². The van der Waals surface area contributed by atoms with Crippen molar-refractivity contribution in [1.29, 1.82) is 0 Å². The Morgan fingerprint density at radius 3 is 3.03 bits per heavy atom. The van der Waals surface area contributed by atoms with Gasteiger partial charge in [0, 0.05) is 28.3 Å². The molecule has 0 spiro atoms. The topological polar surface area (TPSA) is 85.0 Å². The molecule has 7 heteroatoms. The maximum Gasteiger partial charge on any atom is 0.142 e. The van der Waals surface area contributed by atoms with Gasteiger partial charge >= 0.3 is 0 Å². The molecule has 6 rings (SSSR count). The van der Waals surface area contributed by atoms with Crippen LogP contribution in [-0.4, -0.2) is 40.0 Å². The van der Waals surface area contributed by atoms with E-state index in [9.17, 15) is 0 Å². The molecule has 0 radical (unpaired) electrons. The molecule has 4 aromatic rings. The van der Waals surface area contributed by atoms with Crippen molar-refractivity contribution in [3.05, 3.63) is 78.5 Å². The highest BCUT2D eigenvalue weighted by atomic mass is 16.5. The third kappa shape index (κ3) is 3.40. The van der Waals surface area contributed by atoms with Crippen molar-refractivity contribution >= 4 is 33.3 Å². The van der Waals surface area contributed by atoms with E-state index < -0.39 is 0 Å². The van der Waals surface area contributed by atoms with Gasteiger partial charge in [-0.2, -0.15) is 5.10 Å². The fraction of sp³-hybridized carbons (Fsp3) is 0.240. The number of allylic oxidation sites excluding steroid dienone is 1. The Kier molecular flexibility index (Phi) is 4.61. The summed E-state index contributed by atoms with van der Waals surface area (Å²) in [7, 11) is 1.70. The van der Waals surface area contributed by atoms with Gasteiger partial charge in [0.15, 0.2) is 0 Å². The molecule has 1 saturated heterocycles. The standard InChI is InChI=1S/C25H23N5O2/c1-31-19-7-9-23-15(12-19)10-17(14-32-23)24-28-22-5-3-2-4-20(22)25(29-24)27-18-6-8-21-16(11-18)13-26-30-21/h2-9,11-13,15,17,23H,10,14H2,1H3,(H,26,30)(H,27,28,29). The van der Waals surface area contributed by atoms with E-state index in [4.69, 9.17) is 19.4 Å². The molecule has 3 atom stereocenters. The van der Waals surface area contributed by atoms with Crippen LogP contribution in [0.15, 0.2) is 72.6 Å². The first-order valence-electron chi connectivity index (χ1n) is 10.8. The minimum absolute atomic E-state index is 0.0879. The molecule has 160 valence electrons. The Morgan fingerprint density at radius 1 is 1.16 bits per heavy atom. The molecule has 2 N–H and O–H groups in total. The summed E-state index contributed by atoms with van der Waals surface area (Å²) in [6.07, 6.45) is 9.04. The fourth-order valence-corrected chi connectivity index (χ4v) is 4.54. The third-order valence-electron chi connectivity index (χ3n) is 6.22. The lowest BCUT2D eigenvalue weighted by Crippen LogP contribution is -2.33. The molecule has 1 aliphatic carbocycles. The predicted octanol–water partition coefficient (Wildman–Crippen LogP) is 4.84. The van der Waals surface area contributed by atoms with E-state index >= 15 is 0 Å². The molecular formula is C25H23N5O2. The second-order valence-electron chi connectivity index (χ2n) is 8.27. The number of H-pyrrole nitrogens is 1. The van der Waals surface area contributed by atoms with Crippen molar-refractivity contribution in [3.8, 4) is 0 Å². The van der Waals surface area contributed by atoms with Crippen LogP contribution in [0, 0.1) is 5.92 Å². The number of benzene rings is 2. The number of fused-ring (bicyclic) bond motifs is 3. The second-order valence-corrected chi connectivity index (χ2v) is 8.27. The molecule has 3 unspecified atom stereocenters. The Labute approximate surface area is 185 Å². The van der Waals surface area contributed by atoms with Gasteiger partial charge in [-0.1, -0.05) is 18.2 Å². The van der Waals surface area contributed by atoms with Crippen LogP contribution in [0.25, 0.3) is 21.8 Å². The molecular weight excluding hydrogens is 402 g/mol. The maximum absolute atomic E-state index is 6.15. The number of hydrogen-bond acceptors (Lipinski definition) is 6. The van der Waals surface area contributed by atoms with Gasteiger partial charge in [-0.3, -0.25) is 5.10 Å². The van der Waals surface area contributed by atoms with Crippen molar-refractivity contribution < 1.29 is 9.47 Å². The molecule has 0 saturated carbocycles. The first-order chi connectivity index (χ1) is 15.8. The van der Waals surface area contributed by atoms with Gasteiger partial charge in [0.25, 0.3) is 0 Å². The summed E-state index contributed by atoms with van der Waals surface area (Å²) in [5.41, 5.74) is 2.88. The number of nitrogens with one attached hydrogen (secondary N) is 2. The molecule has 2 aromatic heterocycles. The van der Waals surface area contributed by atoms with Gasteiger partial charge in [-0.25, -0.2) is 9.97 Å². The maximum atomic E-state index is 6.15. The summed E-state index contributed by atoms with van der Waals surface area (Å²) in [5, 5.41) is 12.6. The normalized spacial score (nSPS) is 22.5. The number of ether oxygens (including phenoxy) is 2. The number of methoxy groups -OCH3 is 1. The Balaban J connectivity index is 1.35. The zero-order chi connectivity index (χ0) is 21.5. The zero-order valence-corrected chi connectivity index (χ0v) is 17.7. The van der Waals surface area contributed by atoms with Gasteiger partial charge in [-0.05, 0) is 48.9 Å². The molecule has 3 heterocycles. The van der Waals surface area contributed by atoms with Crippen molar-refractivity contribution in [2.45, 2.75) is 18.4 Å². The van der Waals surface area contributed by atoms with Crippen LogP contribution in [-0.2, 0) is 9.47 Å². The summed E-state index contributed by atoms with van der Waals surface area (Å²) < 4.78 is 11.6. The number of aromatic amines is 1. The van der Waals surface area contributed by atoms with E-state index in [1.165, 1.54) is 0 Å². The fourth-order valence-electron chi connectivity index (χ4n) is 4.54. The van der Waals surface area contributed by atoms with Crippen LogP contribution in [0.2, 0.25) is 0 Å². The Bertz CT molecular complexity index is 1360. The number of rotatable bonds is 4. The van der Waals surface area contributed by atoms with Crippen LogP contribution in [0.5, 0.6) is 0 Å². The van der Waals surface area contributed by atoms with Crippen LogP contribution in [0.1, 0.15) is 18.2 Å². The average Bonchev–Trinajstić information content (AvgIpc) is 3.31. The van der Waals surface area contributed by atoms with E-state index in [1.807, 2.05) is 48.7 Å². The lowest BCUT2D eigenvalue weighted by Gasteiger charge is -2.34. The number of aromatic nitrogens is 4. The summed E-state index contributed by atoms with van der Waals surface area (Å²) in [6.45, 7) is 0.598. The monoisotopic (exact) mass is 425 g/mol. The molecule has 32 heavy (non-hydrogen) atoms. The Morgan fingerprint density at radius 2 is 2.09 bits per heavy atom. The highest BCUT2D eigenvalue weighted by Gasteiger charge is 2.33. The van der Waals surface area contributed by atoms with Crippen LogP contribution >= 0.6 is 0 Å². The molecule has 1 aliphatic heterocycles. The average molecular weight is 425 g/mol. The molecule has 1 fully saturated rings. The number of nitrogens with zero attached hydrogens (tertiary/aromatic N) is 3. The van der Waals surface area contributed by atoms with E-state index in [0.29, 0.717) is 6.61 Å². The van der Waals surface area contributed by atoms with Gasteiger partial charge in [0.05, 0.1) is 37.1 Å². The van der Waals surface area contributed by atoms with E-state index in [0.717, 1.165) is 51.3 Å². The number of anilines is 2. The summed E-state index contributed by atoms with van der Waals surface area (Å²) in [6, 6.07) is 14.2. The number of para-hydroxylation sites is 1. The van der Waals surface area contributed by atoms with Crippen molar-refractivity contribution in [2.75, 3.05) is 19.0 Å². The van der Waals surface area contributed by atoms with Crippen LogP contribution < -0.4 is 5.32 Å². The van der Waals surface area contributed by atoms with E-state index in [1.54, 1.807) is 7.11 Å². The highest BCUT2D eigenvalue weighted by molar-refractivity contribution is 5.92. The van der Waals surface area contributed by atoms with Crippen molar-refractivity contribution in [3.63, 3.8) is 0 Å². The lowest BCUT2D eigenvalue weighted by molar-refractivity contribution is 0.00162. The SMILES string of the molecule is COC1=CC2CC(c3nc(Nc4ccc5[nH]ncc5c4)c4ccccc4n3)COC2C=C1. The highest BCUT2D eigenvalue weighted by Crippen LogP contribution is 2.36. The minimum Gasteiger partial charge on any atom is -0.497 e. The van der Waals surface area contributed by atoms with Crippen LogP contribution in [0.4, 0.5) is 11.5 Å².